The Morgan fingerprint density at radius 3 is 1.32 bits per heavy atom. The van der Waals surface area contributed by atoms with E-state index in [0.717, 1.165) is 11.5 Å². The lowest BCUT2D eigenvalue weighted by molar-refractivity contribution is -0.115. The number of hydrogen-bond acceptors (Lipinski definition) is 6. The monoisotopic (exact) mass is 378 g/mol. The fraction of sp³-hybridized carbons (Fsp3) is 0.182. The highest BCUT2D eigenvalue weighted by atomic mass is 16.5. The van der Waals surface area contributed by atoms with Crippen molar-refractivity contribution in [3.05, 3.63) is 72.1 Å². The number of hydrogen-bond donors (Lipinski definition) is 2. The summed E-state index contributed by atoms with van der Waals surface area (Å²) < 4.78 is 10.8. The fourth-order valence-electron chi connectivity index (χ4n) is 2.67. The number of ketones is 2. The van der Waals surface area contributed by atoms with Crippen molar-refractivity contribution >= 4 is 22.9 Å². The molecular weight excluding hydrogens is 356 g/mol. The Bertz CT molecular complexity index is 835. The Hall–Kier alpha value is -3.54. The largest absolute Gasteiger partial charge is 0.494 e. The number of rotatable bonds is 8. The highest BCUT2D eigenvalue weighted by molar-refractivity contribution is 6.21. The molecule has 0 heterocycles. The van der Waals surface area contributed by atoms with Crippen LogP contribution in [0.15, 0.2) is 72.1 Å². The van der Waals surface area contributed by atoms with Gasteiger partial charge in [-0.15, -0.1) is 0 Å². The van der Waals surface area contributed by atoms with E-state index in [1.54, 1.807) is 48.5 Å². The Balaban J connectivity index is 1.65. The molecule has 2 aromatic rings. The summed E-state index contributed by atoms with van der Waals surface area (Å²) in [6, 6.07) is 14.4. The minimum Gasteiger partial charge on any atom is -0.494 e. The smallest absolute Gasteiger partial charge is 0.204 e. The number of carbonyl (C=O) groups is 2. The van der Waals surface area contributed by atoms with Gasteiger partial charge in [-0.2, -0.15) is 0 Å². The van der Waals surface area contributed by atoms with E-state index in [1.165, 1.54) is 12.2 Å². The van der Waals surface area contributed by atoms with Gasteiger partial charge in [0.25, 0.3) is 0 Å². The van der Waals surface area contributed by atoms with E-state index >= 15 is 0 Å². The van der Waals surface area contributed by atoms with Gasteiger partial charge in [-0.05, 0) is 62.4 Å². The van der Waals surface area contributed by atoms with Crippen molar-refractivity contribution in [3.8, 4) is 11.5 Å². The Kier molecular flexibility index (Phi) is 6.11. The van der Waals surface area contributed by atoms with E-state index in [-0.39, 0.29) is 23.0 Å². The van der Waals surface area contributed by atoms with Crippen LogP contribution >= 0.6 is 0 Å². The molecule has 0 spiro atoms. The zero-order valence-corrected chi connectivity index (χ0v) is 15.8. The lowest BCUT2D eigenvalue weighted by Gasteiger charge is -2.16. The molecule has 2 N–H and O–H groups in total. The lowest BCUT2D eigenvalue weighted by atomic mass is 10.1. The number of carbonyl (C=O) groups excluding carboxylic acids is 2. The van der Waals surface area contributed by atoms with Gasteiger partial charge in [-0.1, -0.05) is 0 Å². The quantitative estimate of drug-likeness (QED) is 0.678. The third-order valence-electron chi connectivity index (χ3n) is 3.97. The number of allylic oxidation sites excluding steroid dienone is 2. The summed E-state index contributed by atoms with van der Waals surface area (Å²) in [5.74, 6) is 0.938. The Morgan fingerprint density at radius 1 is 0.643 bits per heavy atom. The first-order valence-corrected chi connectivity index (χ1v) is 9.11. The van der Waals surface area contributed by atoms with Gasteiger partial charge >= 0.3 is 0 Å². The molecule has 0 amide bonds. The summed E-state index contributed by atoms with van der Waals surface area (Å²) in [6.07, 6.45) is 2.60. The van der Waals surface area contributed by atoms with E-state index in [1.807, 2.05) is 13.8 Å². The molecule has 6 heteroatoms. The first-order chi connectivity index (χ1) is 13.6. The van der Waals surface area contributed by atoms with Crippen LogP contribution < -0.4 is 20.1 Å². The SMILES string of the molecule is CCOc1ccc(NC2=CC(=O)C(Nc3ccc(OCC)cc3)=CC2=O)cc1. The molecule has 0 atom stereocenters. The molecule has 0 aromatic heterocycles. The molecule has 0 bridgehead atoms. The second-order valence-corrected chi connectivity index (χ2v) is 6.01. The normalized spacial score (nSPS) is 13.5. The average Bonchev–Trinajstić information content (AvgIpc) is 2.69. The average molecular weight is 378 g/mol. The molecule has 28 heavy (non-hydrogen) atoms. The molecule has 2 aromatic carbocycles. The molecule has 144 valence electrons. The van der Waals surface area contributed by atoms with Gasteiger partial charge in [-0.25, -0.2) is 0 Å². The minimum absolute atomic E-state index is 0.228. The molecule has 6 nitrogen and oxygen atoms in total. The zero-order valence-electron chi connectivity index (χ0n) is 15.8. The topological polar surface area (TPSA) is 76.7 Å². The van der Waals surface area contributed by atoms with E-state index in [2.05, 4.69) is 10.6 Å². The Labute approximate surface area is 163 Å². The molecule has 1 aliphatic rings. The van der Waals surface area contributed by atoms with Crippen LogP contribution in [0.1, 0.15) is 13.8 Å². The summed E-state index contributed by atoms with van der Waals surface area (Å²) in [6.45, 7) is 4.99. The highest BCUT2D eigenvalue weighted by Crippen LogP contribution is 2.22. The van der Waals surface area contributed by atoms with Crippen molar-refractivity contribution in [2.24, 2.45) is 0 Å². The van der Waals surface area contributed by atoms with Gasteiger partial charge in [0, 0.05) is 23.5 Å². The van der Waals surface area contributed by atoms with Gasteiger partial charge in [0.15, 0.2) is 0 Å². The first-order valence-electron chi connectivity index (χ1n) is 9.11. The molecule has 0 unspecified atom stereocenters. The van der Waals surface area contributed by atoms with Crippen LogP contribution in [0.2, 0.25) is 0 Å². The third-order valence-corrected chi connectivity index (χ3v) is 3.97. The van der Waals surface area contributed by atoms with Gasteiger partial charge in [0.2, 0.25) is 11.6 Å². The Morgan fingerprint density at radius 2 is 1.00 bits per heavy atom. The third kappa shape index (κ3) is 4.79. The second kappa shape index (κ2) is 8.90. The highest BCUT2D eigenvalue weighted by Gasteiger charge is 2.20. The molecule has 0 saturated carbocycles. The summed E-state index contributed by atoms with van der Waals surface area (Å²) in [7, 11) is 0. The van der Waals surface area contributed by atoms with Crippen LogP contribution in [0.25, 0.3) is 0 Å². The number of nitrogens with one attached hydrogen (secondary N) is 2. The summed E-state index contributed by atoms with van der Waals surface area (Å²) in [5, 5.41) is 5.97. The van der Waals surface area contributed by atoms with E-state index in [0.29, 0.717) is 24.6 Å². The minimum atomic E-state index is -0.276. The van der Waals surface area contributed by atoms with Crippen LogP contribution in [-0.2, 0) is 9.59 Å². The predicted octanol–water partition coefficient (Wildman–Crippen LogP) is 3.93. The van der Waals surface area contributed by atoms with E-state index in [9.17, 15) is 9.59 Å². The van der Waals surface area contributed by atoms with Crippen molar-refractivity contribution in [1.82, 2.24) is 0 Å². The summed E-state index contributed by atoms with van der Waals surface area (Å²) in [4.78, 5) is 24.8. The number of ether oxygens (including phenoxy) is 2. The maximum atomic E-state index is 12.4. The van der Waals surface area contributed by atoms with Crippen LogP contribution in [-0.4, -0.2) is 24.8 Å². The van der Waals surface area contributed by atoms with E-state index < -0.39 is 0 Å². The van der Waals surface area contributed by atoms with Gasteiger partial charge in [0.05, 0.1) is 24.6 Å². The molecule has 0 fully saturated rings. The molecular formula is C22H22N2O4. The fourth-order valence-corrected chi connectivity index (χ4v) is 2.67. The lowest BCUT2D eigenvalue weighted by Crippen LogP contribution is -2.21. The van der Waals surface area contributed by atoms with E-state index in [4.69, 9.17) is 9.47 Å². The van der Waals surface area contributed by atoms with Crippen molar-refractivity contribution in [1.29, 1.82) is 0 Å². The van der Waals surface area contributed by atoms with Gasteiger partial charge in [0.1, 0.15) is 11.5 Å². The van der Waals surface area contributed by atoms with Crippen molar-refractivity contribution in [2.75, 3.05) is 23.8 Å². The molecule has 1 aliphatic carbocycles. The van der Waals surface area contributed by atoms with Gasteiger partial charge < -0.3 is 20.1 Å². The maximum Gasteiger partial charge on any atom is 0.204 e. The summed E-state index contributed by atoms with van der Waals surface area (Å²) in [5.41, 5.74) is 1.86. The van der Waals surface area contributed by atoms with Crippen molar-refractivity contribution in [3.63, 3.8) is 0 Å². The molecule has 3 rings (SSSR count). The summed E-state index contributed by atoms with van der Waals surface area (Å²) >= 11 is 0. The standard InChI is InChI=1S/C22H22N2O4/c1-3-27-17-9-5-15(6-10-17)23-19-13-22(26)20(14-21(19)25)24-16-7-11-18(12-8-16)28-4-2/h5-14,23-24H,3-4H2,1-2H3. The number of benzene rings is 2. The second-order valence-electron chi connectivity index (χ2n) is 6.01. The van der Waals surface area contributed by atoms with Crippen LogP contribution in [0.3, 0.4) is 0 Å². The molecule has 0 saturated heterocycles. The molecule has 0 aliphatic heterocycles. The maximum absolute atomic E-state index is 12.4. The predicted molar refractivity (Wildman–Crippen MR) is 109 cm³/mol. The van der Waals surface area contributed by atoms with Crippen molar-refractivity contribution in [2.45, 2.75) is 13.8 Å². The first kappa shape index (κ1) is 19.2. The number of anilines is 2. The van der Waals surface area contributed by atoms with Gasteiger partial charge in [-0.3, -0.25) is 9.59 Å². The molecule has 0 radical (unpaired) electrons. The van der Waals surface area contributed by atoms with Crippen molar-refractivity contribution < 1.29 is 19.1 Å². The van der Waals surface area contributed by atoms with Crippen LogP contribution in [0, 0.1) is 0 Å². The zero-order chi connectivity index (χ0) is 19.9. The van der Waals surface area contributed by atoms with Crippen LogP contribution in [0.5, 0.6) is 11.5 Å². The van der Waals surface area contributed by atoms with Crippen LogP contribution in [0.4, 0.5) is 11.4 Å².